The van der Waals surface area contributed by atoms with Gasteiger partial charge in [-0.1, -0.05) is 24.3 Å². The van der Waals surface area contributed by atoms with E-state index in [2.05, 4.69) is 71.5 Å². The zero-order valence-electron chi connectivity index (χ0n) is 17.3. The van der Waals surface area contributed by atoms with Gasteiger partial charge in [-0.2, -0.15) is 0 Å². The molecule has 0 amide bonds. The Balaban J connectivity index is 1.56. The highest BCUT2D eigenvalue weighted by molar-refractivity contribution is 6.08. The second-order valence-electron chi connectivity index (χ2n) is 7.89. The van der Waals surface area contributed by atoms with Crippen molar-refractivity contribution in [3.05, 3.63) is 90.4 Å². The lowest BCUT2D eigenvalue weighted by Gasteiger charge is -2.10. The van der Waals surface area contributed by atoms with Gasteiger partial charge in [-0.25, -0.2) is 4.98 Å². The molecule has 0 aliphatic carbocycles. The number of rotatable bonds is 2. The van der Waals surface area contributed by atoms with E-state index in [4.69, 9.17) is 9.40 Å². The summed E-state index contributed by atoms with van der Waals surface area (Å²) in [7, 11) is 0. The van der Waals surface area contributed by atoms with Crippen LogP contribution in [0.4, 0.5) is 0 Å². The Morgan fingerprint density at radius 3 is 2.65 bits per heavy atom. The van der Waals surface area contributed by atoms with Crippen molar-refractivity contribution in [2.45, 2.75) is 13.8 Å². The van der Waals surface area contributed by atoms with Crippen LogP contribution >= 0.6 is 0 Å². The SMILES string of the molecule is Cc1ccc2c(n1)oc1c(-c3cc(-c4ccc5ncccc5c4)c(C)cn3)cccc12. The van der Waals surface area contributed by atoms with Crippen molar-refractivity contribution >= 4 is 33.0 Å². The number of aryl methyl sites for hydroxylation is 2. The molecule has 31 heavy (non-hydrogen) atoms. The molecule has 2 aromatic carbocycles. The molecule has 148 valence electrons. The van der Waals surface area contributed by atoms with Gasteiger partial charge in [0.2, 0.25) is 5.71 Å². The molecule has 0 saturated heterocycles. The lowest BCUT2D eigenvalue weighted by Crippen LogP contribution is -1.90. The number of hydrogen-bond acceptors (Lipinski definition) is 4. The van der Waals surface area contributed by atoms with Gasteiger partial charge in [0.15, 0.2) is 0 Å². The number of nitrogens with zero attached hydrogens (tertiary/aromatic N) is 3. The van der Waals surface area contributed by atoms with E-state index < -0.39 is 0 Å². The highest BCUT2D eigenvalue weighted by Crippen LogP contribution is 2.36. The third-order valence-electron chi connectivity index (χ3n) is 5.80. The molecule has 0 radical (unpaired) electrons. The van der Waals surface area contributed by atoms with Crippen LogP contribution in [0.5, 0.6) is 0 Å². The highest BCUT2D eigenvalue weighted by Gasteiger charge is 2.15. The fourth-order valence-corrected chi connectivity index (χ4v) is 4.20. The second kappa shape index (κ2) is 6.74. The first-order chi connectivity index (χ1) is 15.2. The first kappa shape index (κ1) is 17.8. The van der Waals surface area contributed by atoms with Crippen molar-refractivity contribution in [3.63, 3.8) is 0 Å². The molecule has 0 saturated carbocycles. The van der Waals surface area contributed by atoms with Crippen LogP contribution in [-0.2, 0) is 0 Å². The van der Waals surface area contributed by atoms with E-state index in [1.54, 1.807) is 0 Å². The minimum Gasteiger partial charge on any atom is -0.437 e. The number of para-hydroxylation sites is 1. The Kier molecular flexibility index (Phi) is 3.87. The summed E-state index contributed by atoms with van der Waals surface area (Å²) in [5.41, 5.74) is 8.69. The summed E-state index contributed by atoms with van der Waals surface area (Å²) >= 11 is 0. The summed E-state index contributed by atoms with van der Waals surface area (Å²) in [6, 6.07) is 22.9. The summed E-state index contributed by atoms with van der Waals surface area (Å²) in [6.45, 7) is 4.06. The van der Waals surface area contributed by atoms with Crippen LogP contribution in [0.3, 0.4) is 0 Å². The second-order valence-corrected chi connectivity index (χ2v) is 7.89. The average Bonchev–Trinajstić information content (AvgIpc) is 3.17. The van der Waals surface area contributed by atoms with Crippen molar-refractivity contribution in [2.75, 3.05) is 0 Å². The van der Waals surface area contributed by atoms with E-state index in [1.807, 2.05) is 31.5 Å². The Bertz CT molecular complexity index is 1610. The largest absolute Gasteiger partial charge is 0.437 e. The van der Waals surface area contributed by atoms with Crippen molar-refractivity contribution in [3.8, 4) is 22.4 Å². The summed E-state index contributed by atoms with van der Waals surface area (Å²) in [4.78, 5) is 13.7. The Labute approximate surface area is 179 Å². The van der Waals surface area contributed by atoms with Crippen LogP contribution in [0, 0.1) is 13.8 Å². The first-order valence-corrected chi connectivity index (χ1v) is 10.3. The third-order valence-corrected chi connectivity index (χ3v) is 5.80. The smallest absolute Gasteiger partial charge is 0.227 e. The minimum absolute atomic E-state index is 0.664. The first-order valence-electron chi connectivity index (χ1n) is 10.3. The van der Waals surface area contributed by atoms with E-state index in [1.165, 1.54) is 0 Å². The zero-order chi connectivity index (χ0) is 20.9. The normalized spacial score (nSPS) is 11.5. The average molecular weight is 401 g/mol. The molecule has 4 nitrogen and oxygen atoms in total. The van der Waals surface area contributed by atoms with E-state index in [9.17, 15) is 0 Å². The Hall–Kier alpha value is -4.05. The van der Waals surface area contributed by atoms with Crippen LogP contribution in [0.15, 0.2) is 83.5 Å². The van der Waals surface area contributed by atoms with Crippen molar-refractivity contribution in [1.29, 1.82) is 0 Å². The van der Waals surface area contributed by atoms with E-state index >= 15 is 0 Å². The molecule has 4 heteroatoms. The maximum absolute atomic E-state index is 6.19. The third kappa shape index (κ3) is 2.88. The predicted octanol–water partition coefficient (Wildman–Crippen LogP) is 6.88. The number of furan rings is 1. The zero-order valence-corrected chi connectivity index (χ0v) is 17.3. The molecule has 0 bridgehead atoms. The lowest BCUT2D eigenvalue weighted by molar-refractivity contribution is 0.653. The van der Waals surface area contributed by atoms with Crippen LogP contribution < -0.4 is 0 Å². The quantitative estimate of drug-likeness (QED) is 0.317. The molecular weight excluding hydrogens is 382 g/mol. The van der Waals surface area contributed by atoms with Gasteiger partial charge < -0.3 is 4.42 Å². The van der Waals surface area contributed by atoms with Gasteiger partial charge in [-0.05, 0) is 73.0 Å². The van der Waals surface area contributed by atoms with Crippen LogP contribution in [0.1, 0.15) is 11.3 Å². The molecule has 4 aromatic heterocycles. The van der Waals surface area contributed by atoms with E-state index in [0.29, 0.717) is 5.71 Å². The predicted molar refractivity (Wildman–Crippen MR) is 125 cm³/mol. The highest BCUT2D eigenvalue weighted by atomic mass is 16.3. The van der Waals surface area contributed by atoms with Crippen molar-refractivity contribution in [1.82, 2.24) is 15.0 Å². The van der Waals surface area contributed by atoms with Gasteiger partial charge in [0.25, 0.3) is 0 Å². The number of hydrogen-bond donors (Lipinski definition) is 0. The van der Waals surface area contributed by atoms with Gasteiger partial charge in [0, 0.05) is 39.8 Å². The van der Waals surface area contributed by atoms with Gasteiger partial charge >= 0.3 is 0 Å². The monoisotopic (exact) mass is 401 g/mol. The molecule has 0 N–H and O–H groups in total. The molecule has 4 heterocycles. The van der Waals surface area contributed by atoms with E-state index in [0.717, 1.165) is 60.9 Å². The Morgan fingerprint density at radius 1 is 0.774 bits per heavy atom. The molecule has 0 aliphatic heterocycles. The maximum atomic E-state index is 6.19. The molecule has 0 unspecified atom stereocenters. The molecule has 6 rings (SSSR count). The van der Waals surface area contributed by atoms with Crippen molar-refractivity contribution in [2.24, 2.45) is 0 Å². The fraction of sp³-hybridized carbons (Fsp3) is 0.0741. The van der Waals surface area contributed by atoms with Gasteiger partial charge in [-0.3, -0.25) is 9.97 Å². The molecular formula is C27H19N3O. The number of benzene rings is 2. The topological polar surface area (TPSA) is 51.8 Å². The Morgan fingerprint density at radius 2 is 1.71 bits per heavy atom. The maximum Gasteiger partial charge on any atom is 0.227 e. The summed E-state index contributed by atoms with van der Waals surface area (Å²) < 4.78 is 6.19. The van der Waals surface area contributed by atoms with Gasteiger partial charge in [0.1, 0.15) is 5.58 Å². The van der Waals surface area contributed by atoms with Crippen molar-refractivity contribution < 1.29 is 4.42 Å². The van der Waals surface area contributed by atoms with Crippen LogP contribution in [0.2, 0.25) is 0 Å². The molecule has 0 fully saturated rings. The van der Waals surface area contributed by atoms with E-state index in [-0.39, 0.29) is 0 Å². The fourth-order valence-electron chi connectivity index (χ4n) is 4.20. The standard InChI is InChI=1S/C27H19N3O/c1-16-15-29-25(14-23(16)18-9-11-24-19(13-18)5-4-12-28-24)22-7-3-6-20-21-10-8-17(2)30-27(21)31-26(20)22/h3-15H,1-2H3. The van der Waals surface area contributed by atoms with Gasteiger partial charge in [-0.15, -0.1) is 0 Å². The molecule has 0 spiro atoms. The summed E-state index contributed by atoms with van der Waals surface area (Å²) in [5.74, 6) is 0. The molecule has 0 atom stereocenters. The number of pyridine rings is 3. The molecule has 6 aromatic rings. The lowest BCUT2D eigenvalue weighted by atomic mass is 9.97. The van der Waals surface area contributed by atoms with Crippen LogP contribution in [-0.4, -0.2) is 15.0 Å². The summed E-state index contributed by atoms with van der Waals surface area (Å²) in [6.07, 6.45) is 3.75. The minimum atomic E-state index is 0.664. The number of fused-ring (bicyclic) bond motifs is 4. The number of aromatic nitrogens is 3. The molecule has 0 aliphatic rings. The van der Waals surface area contributed by atoms with Gasteiger partial charge in [0.05, 0.1) is 11.2 Å². The summed E-state index contributed by atoms with van der Waals surface area (Å²) in [5, 5.41) is 3.20. The van der Waals surface area contributed by atoms with Crippen LogP contribution in [0.25, 0.3) is 55.4 Å².